The van der Waals surface area contributed by atoms with Crippen LogP contribution in [0.25, 0.3) is 11.1 Å². The zero-order valence-corrected chi connectivity index (χ0v) is 18.8. The van der Waals surface area contributed by atoms with Crippen LogP contribution < -0.4 is 5.32 Å². The first-order chi connectivity index (χ1) is 15.4. The molecule has 32 heavy (non-hydrogen) atoms. The van der Waals surface area contributed by atoms with Crippen LogP contribution in [0, 0.1) is 0 Å². The van der Waals surface area contributed by atoms with E-state index in [0.717, 1.165) is 54.5 Å². The highest BCUT2D eigenvalue weighted by Gasteiger charge is 2.33. The number of amides is 1. The molecule has 0 aromatic heterocycles. The largest absolute Gasteiger partial charge is 0.410 e. The maximum atomic E-state index is 13.0. The number of nitrogens with one attached hydrogen (secondary N) is 1. The lowest BCUT2D eigenvalue weighted by molar-refractivity contribution is -0.110. The summed E-state index contributed by atoms with van der Waals surface area (Å²) in [6.45, 7) is 2.70. The number of nitrogens with zero attached hydrogens (tertiary/aromatic N) is 3. The molecule has 2 aromatic carbocycles. The maximum Gasteiger partial charge on any atom is 0.278 e. The quantitative estimate of drug-likeness (QED) is 0.548. The van der Waals surface area contributed by atoms with Gasteiger partial charge in [0.15, 0.2) is 5.71 Å². The second kappa shape index (κ2) is 7.99. The number of rotatable bonds is 3. The van der Waals surface area contributed by atoms with E-state index in [2.05, 4.69) is 15.4 Å². The minimum atomic E-state index is -3.50. The molecule has 0 unspecified atom stereocenters. The van der Waals surface area contributed by atoms with Crippen molar-refractivity contribution in [2.24, 2.45) is 5.16 Å². The molecule has 3 aliphatic heterocycles. The van der Waals surface area contributed by atoms with E-state index in [0.29, 0.717) is 35.8 Å². The summed E-state index contributed by atoms with van der Waals surface area (Å²) in [5.41, 5.74) is 5.25. The predicted octanol–water partition coefficient (Wildman–Crippen LogP) is 2.65. The number of piperidine rings is 1. The molecule has 3 aliphatic rings. The first-order valence-electron chi connectivity index (χ1n) is 10.9. The highest BCUT2D eigenvalue weighted by molar-refractivity contribution is 7.89. The fourth-order valence-electron chi connectivity index (χ4n) is 4.93. The fraction of sp³-hybridized carbons (Fsp3) is 0.391. The zero-order valence-electron chi connectivity index (χ0n) is 18.0. The number of hydrogen-bond acceptors (Lipinski definition) is 6. The summed E-state index contributed by atoms with van der Waals surface area (Å²) in [5, 5.41) is 15.5. The Morgan fingerprint density at radius 3 is 2.41 bits per heavy atom. The van der Waals surface area contributed by atoms with Gasteiger partial charge in [0.25, 0.3) is 5.91 Å². The Kier molecular flexibility index (Phi) is 5.27. The molecule has 168 valence electrons. The number of carbonyl (C=O) groups excluding carboxylic acids is 1. The minimum absolute atomic E-state index is 0.00146. The molecular formula is C23H26N4O4S. The number of sulfonamides is 1. The van der Waals surface area contributed by atoms with E-state index < -0.39 is 15.9 Å². The Balaban J connectivity index is 1.58. The topological polar surface area (TPSA) is 102 Å². The van der Waals surface area contributed by atoms with Gasteiger partial charge in [-0.3, -0.25) is 4.79 Å². The van der Waals surface area contributed by atoms with Crippen molar-refractivity contribution in [1.29, 1.82) is 0 Å². The van der Waals surface area contributed by atoms with Gasteiger partial charge in [-0.25, -0.2) is 8.42 Å². The minimum Gasteiger partial charge on any atom is -0.410 e. The molecule has 0 saturated carbocycles. The van der Waals surface area contributed by atoms with Gasteiger partial charge in [-0.15, -0.1) is 0 Å². The van der Waals surface area contributed by atoms with Gasteiger partial charge in [-0.05, 0) is 66.8 Å². The van der Waals surface area contributed by atoms with Crippen LogP contribution >= 0.6 is 0 Å². The lowest BCUT2D eigenvalue weighted by atomic mass is 9.87. The van der Waals surface area contributed by atoms with Crippen molar-refractivity contribution in [3.8, 4) is 11.1 Å². The van der Waals surface area contributed by atoms with Crippen molar-refractivity contribution in [1.82, 2.24) is 9.21 Å². The molecule has 8 nitrogen and oxygen atoms in total. The van der Waals surface area contributed by atoms with Crippen LogP contribution in [0.3, 0.4) is 0 Å². The van der Waals surface area contributed by atoms with Gasteiger partial charge in [-0.2, -0.15) is 4.31 Å². The average Bonchev–Trinajstić information content (AvgIpc) is 3.14. The molecular weight excluding hydrogens is 428 g/mol. The third-order valence-corrected chi connectivity index (χ3v) is 8.56. The Bertz CT molecular complexity index is 1220. The van der Waals surface area contributed by atoms with Crippen LogP contribution in [0.1, 0.15) is 36.0 Å². The van der Waals surface area contributed by atoms with Gasteiger partial charge in [0.1, 0.15) is 0 Å². The molecule has 0 atom stereocenters. The summed E-state index contributed by atoms with van der Waals surface area (Å²) in [6.07, 6.45) is 3.67. The number of likely N-dealkylation sites (N-methyl/N-ethyl adjacent to an activating group) is 1. The van der Waals surface area contributed by atoms with Crippen LogP contribution in [-0.4, -0.2) is 61.1 Å². The van der Waals surface area contributed by atoms with Crippen molar-refractivity contribution in [2.45, 2.75) is 37.1 Å². The molecule has 1 saturated heterocycles. The third kappa shape index (κ3) is 3.41. The van der Waals surface area contributed by atoms with E-state index in [4.69, 9.17) is 0 Å². The van der Waals surface area contributed by atoms with Gasteiger partial charge in [0.2, 0.25) is 10.0 Å². The van der Waals surface area contributed by atoms with Crippen LogP contribution in [0.15, 0.2) is 40.4 Å². The van der Waals surface area contributed by atoms with Crippen molar-refractivity contribution >= 4 is 27.3 Å². The maximum absolute atomic E-state index is 13.0. The molecule has 2 aromatic rings. The Morgan fingerprint density at radius 1 is 1.00 bits per heavy atom. The summed E-state index contributed by atoms with van der Waals surface area (Å²) in [4.78, 5) is 14.8. The van der Waals surface area contributed by atoms with E-state index in [1.807, 2.05) is 25.2 Å². The molecule has 9 heteroatoms. The highest BCUT2D eigenvalue weighted by atomic mass is 32.2. The fourth-order valence-corrected chi connectivity index (χ4v) is 6.45. The molecule has 3 heterocycles. The summed E-state index contributed by atoms with van der Waals surface area (Å²) >= 11 is 0. The lowest BCUT2D eigenvalue weighted by Crippen LogP contribution is -2.35. The summed E-state index contributed by atoms with van der Waals surface area (Å²) in [6, 6.07) is 8.87. The van der Waals surface area contributed by atoms with Gasteiger partial charge < -0.3 is 15.4 Å². The normalized spacial score (nSPS) is 20.8. The highest BCUT2D eigenvalue weighted by Crippen LogP contribution is 2.40. The molecule has 1 fully saturated rings. The summed E-state index contributed by atoms with van der Waals surface area (Å²) in [5.74, 6) is -0.418. The molecule has 0 bridgehead atoms. The number of benzene rings is 2. The molecule has 0 spiro atoms. The Hall–Kier alpha value is -2.75. The Morgan fingerprint density at radius 2 is 1.72 bits per heavy atom. The molecule has 1 amide bonds. The van der Waals surface area contributed by atoms with E-state index in [9.17, 15) is 18.4 Å². The monoisotopic (exact) mass is 454 g/mol. The van der Waals surface area contributed by atoms with E-state index in [1.54, 1.807) is 16.4 Å². The van der Waals surface area contributed by atoms with Crippen LogP contribution in [0.4, 0.5) is 5.69 Å². The second-order valence-corrected chi connectivity index (χ2v) is 10.6. The number of carbonyl (C=O) groups is 1. The van der Waals surface area contributed by atoms with Crippen molar-refractivity contribution < 1.29 is 18.4 Å². The van der Waals surface area contributed by atoms with Gasteiger partial charge in [0, 0.05) is 31.7 Å². The van der Waals surface area contributed by atoms with E-state index in [-0.39, 0.29) is 5.71 Å². The smallest absolute Gasteiger partial charge is 0.278 e. The number of anilines is 1. The predicted molar refractivity (Wildman–Crippen MR) is 121 cm³/mol. The van der Waals surface area contributed by atoms with E-state index in [1.165, 1.54) is 0 Å². The zero-order chi connectivity index (χ0) is 22.5. The standard InChI is InChI=1S/C23H26N4O4S/c1-26-12-9-17-18(13-19-21(20(17)14-26)24-23(28)22(19)25-29)15-5-7-16(8-6-15)32(30,31)27-10-3-2-4-11-27/h5-8,13,29H,2-4,9-12,14H2,1H3,(H,24,25,28). The van der Waals surface area contributed by atoms with Crippen LogP contribution in [0.2, 0.25) is 0 Å². The third-order valence-electron chi connectivity index (χ3n) is 6.65. The van der Waals surface area contributed by atoms with Crippen molar-refractivity contribution in [3.63, 3.8) is 0 Å². The summed E-state index contributed by atoms with van der Waals surface area (Å²) in [7, 11) is -1.47. The van der Waals surface area contributed by atoms with Gasteiger partial charge in [-0.1, -0.05) is 23.7 Å². The van der Waals surface area contributed by atoms with Gasteiger partial charge >= 0.3 is 0 Å². The van der Waals surface area contributed by atoms with Crippen molar-refractivity contribution in [3.05, 3.63) is 47.0 Å². The molecule has 0 aliphatic carbocycles. The summed E-state index contributed by atoms with van der Waals surface area (Å²) < 4.78 is 27.6. The first kappa shape index (κ1) is 21.1. The average molecular weight is 455 g/mol. The lowest BCUT2D eigenvalue weighted by Gasteiger charge is -2.29. The SMILES string of the molecule is CN1CCc2c(-c3ccc(S(=O)(=O)N4CCCCC4)cc3)cc3c(c2C1)NC(=O)/C3=N/O. The molecule has 5 rings (SSSR count). The van der Waals surface area contributed by atoms with Gasteiger partial charge in [0.05, 0.1) is 10.6 Å². The number of oxime groups is 1. The molecule has 2 N–H and O–H groups in total. The van der Waals surface area contributed by atoms with Crippen molar-refractivity contribution in [2.75, 3.05) is 32.0 Å². The molecule has 0 radical (unpaired) electrons. The van der Waals surface area contributed by atoms with Crippen LogP contribution in [0.5, 0.6) is 0 Å². The van der Waals surface area contributed by atoms with Crippen LogP contribution in [-0.2, 0) is 27.8 Å². The second-order valence-electron chi connectivity index (χ2n) is 8.68. The van der Waals surface area contributed by atoms with E-state index >= 15 is 0 Å². The first-order valence-corrected chi connectivity index (χ1v) is 12.4. The number of fused-ring (bicyclic) bond motifs is 3. The number of hydrogen-bond donors (Lipinski definition) is 2. The Labute approximate surface area is 187 Å².